The van der Waals surface area contributed by atoms with Crippen LogP contribution in [0.3, 0.4) is 0 Å². The van der Waals surface area contributed by atoms with Gasteiger partial charge in [-0.25, -0.2) is 4.39 Å². The summed E-state index contributed by atoms with van der Waals surface area (Å²) in [6, 6.07) is 0.881. The van der Waals surface area contributed by atoms with Gasteiger partial charge in [-0.15, -0.1) is 0 Å². The van der Waals surface area contributed by atoms with Gasteiger partial charge in [0.15, 0.2) is 0 Å². The zero-order chi connectivity index (χ0) is 14.0. The first-order valence-corrected chi connectivity index (χ1v) is 6.32. The van der Waals surface area contributed by atoms with Gasteiger partial charge in [-0.3, -0.25) is 9.88 Å². The molecule has 2 heterocycles. The van der Waals surface area contributed by atoms with Gasteiger partial charge in [-0.1, -0.05) is 11.6 Å². The highest BCUT2D eigenvalue weighted by Crippen LogP contribution is 2.31. The van der Waals surface area contributed by atoms with E-state index in [4.69, 9.17) is 11.6 Å². The summed E-state index contributed by atoms with van der Waals surface area (Å²) in [5.74, 6) is 0. The van der Waals surface area contributed by atoms with Crippen molar-refractivity contribution in [1.29, 1.82) is 0 Å². The highest BCUT2D eigenvalue weighted by Gasteiger charge is 2.31. The zero-order valence-corrected chi connectivity index (χ0v) is 10.8. The molecule has 1 aromatic rings. The van der Waals surface area contributed by atoms with Crippen LogP contribution in [0.25, 0.3) is 0 Å². The van der Waals surface area contributed by atoms with Crippen LogP contribution >= 0.6 is 11.6 Å². The number of likely N-dealkylation sites (tertiary alicyclic amines) is 1. The topological polar surface area (TPSA) is 16.1 Å². The number of alkyl halides is 4. The molecule has 19 heavy (non-hydrogen) atoms. The molecule has 0 atom stereocenters. The molecule has 1 aliphatic heterocycles. The van der Waals surface area contributed by atoms with E-state index in [9.17, 15) is 17.6 Å². The number of piperidine rings is 1. The highest BCUT2D eigenvalue weighted by molar-refractivity contribution is 6.31. The molecule has 1 fully saturated rings. The molecule has 0 radical (unpaired) electrons. The molecule has 0 saturated carbocycles. The zero-order valence-electron chi connectivity index (χ0n) is 10.1. The molecule has 2 nitrogen and oxygen atoms in total. The van der Waals surface area contributed by atoms with E-state index in [2.05, 4.69) is 4.98 Å². The van der Waals surface area contributed by atoms with Crippen LogP contribution in [0.5, 0.6) is 0 Å². The minimum atomic E-state index is -4.44. The third-order valence-corrected chi connectivity index (χ3v) is 3.46. The SMILES string of the molecule is FC1CCN(Cc2ncc(C(F)(F)F)cc2Cl)CC1. The molecule has 0 spiro atoms. The lowest BCUT2D eigenvalue weighted by Gasteiger charge is -2.28. The van der Waals surface area contributed by atoms with Crippen molar-refractivity contribution in [3.05, 3.63) is 28.5 Å². The monoisotopic (exact) mass is 296 g/mol. The van der Waals surface area contributed by atoms with E-state index >= 15 is 0 Å². The first-order valence-electron chi connectivity index (χ1n) is 5.94. The van der Waals surface area contributed by atoms with Gasteiger partial charge in [0.25, 0.3) is 0 Å². The van der Waals surface area contributed by atoms with Crippen LogP contribution in [0.2, 0.25) is 5.02 Å². The molecule has 0 aromatic carbocycles. The van der Waals surface area contributed by atoms with Gasteiger partial charge in [-0.2, -0.15) is 13.2 Å². The summed E-state index contributed by atoms with van der Waals surface area (Å²) >= 11 is 5.82. The molecule has 0 N–H and O–H groups in total. The summed E-state index contributed by atoms with van der Waals surface area (Å²) in [4.78, 5) is 5.71. The normalized spacial score (nSPS) is 18.8. The fraction of sp³-hybridized carbons (Fsp3) is 0.583. The second-order valence-electron chi connectivity index (χ2n) is 4.60. The average Bonchev–Trinajstić information content (AvgIpc) is 2.33. The number of halogens is 5. The summed E-state index contributed by atoms with van der Waals surface area (Å²) in [7, 11) is 0. The molecule has 1 aliphatic rings. The Morgan fingerprint density at radius 3 is 2.47 bits per heavy atom. The number of pyridine rings is 1. The van der Waals surface area contributed by atoms with Crippen LogP contribution in [0, 0.1) is 0 Å². The van der Waals surface area contributed by atoms with Crippen LogP contribution in [-0.4, -0.2) is 29.1 Å². The maximum Gasteiger partial charge on any atom is 0.417 e. The van der Waals surface area contributed by atoms with Crippen molar-refractivity contribution in [2.24, 2.45) is 0 Å². The van der Waals surface area contributed by atoms with Crippen molar-refractivity contribution in [3.8, 4) is 0 Å². The molecule has 0 aliphatic carbocycles. The molecule has 7 heteroatoms. The van der Waals surface area contributed by atoms with E-state index in [0.717, 1.165) is 12.3 Å². The quantitative estimate of drug-likeness (QED) is 0.774. The Kier molecular flexibility index (Phi) is 4.30. The Labute approximate surface area is 113 Å². The lowest BCUT2D eigenvalue weighted by molar-refractivity contribution is -0.137. The molecule has 0 amide bonds. The van der Waals surface area contributed by atoms with Gasteiger partial charge >= 0.3 is 6.18 Å². The Bertz CT molecular complexity index is 442. The van der Waals surface area contributed by atoms with Crippen molar-refractivity contribution in [1.82, 2.24) is 9.88 Å². The molecule has 2 rings (SSSR count). The number of nitrogens with zero attached hydrogens (tertiary/aromatic N) is 2. The number of hydrogen-bond acceptors (Lipinski definition) is 2. The first kappa shape index (κ1) is 14.5. The van der Waals surface area contributed by atoms with Crippen molar-refractivity contribution in [3.63, 3.8) is 0 Å². The maximum atomic E-state index is 13.0. The third kappa shape index (κ3) is 3.79. The van der Waals surface area contributed by atoms with Gasteiger partial charge in [0.2, 0.25) is 0 Å². The molecule has 1 aromatic heterocycles. The van der Waals surface area contributed by atoms with Gasteiger partial charge in [0.05, 0.1) is 16.3 Å². The van der Waals surface area contributed by atoms with Gasteiger partial charge in [-0.05, 0) is 18.9 Å². The van der Waals surface area contributed by atoms with Gasteiger partial charge in [0, 0.05) is 25.8 Å². The average molecular weight is 297 g/mol. The fourth-order valence-corrected chi connectivity index (χ4v) is 2.24. The van der Waals surface area contributed by atoms with Crippen LogP contribution in [0.1, 0.15) is 24.1 Å². The predicted molar refractivity (Wildman–Crippen MR) is 63.7 cm³/mol. The van der Waals surface area contributed by atoms with Gasteiger partial charge in [0.1, 0.15) is 6.17 Å². The molecular formula is C12H13ClF4N2. The summed E-state index contributed by atoms with van der Waals surface area (Å²) in [5, 5.41) is -0.00260. The minimum Gasteiger partial charge on any atom is -0.297 e. The Balaban J connectivity index is 2.05. The van der Waals surface area contributed by atoms with E-state index < -0.39 is 17.9 Å². The Morgan fingerprint density at radius 1 is 1.32 bits per heavy atom. The number of aromatic nitrogens is 1. The number of hydrogen-bond donors (Lipinski definition) is 0. The van der Waals surface area contributed by atoms with Crippen molar-refractivity contribution in [2.45, 2.75) is 31.7 Å². The smallest absolute Gasteiger partial charge is 0.297 e. The van der Waals surface area contributed by atoms with E-state index in [1.807, 2.05) is 4.90 Å². The van der Waals surface area contributed by atoms with Crippen LogP contribution < -0.4 is 0 Å². The predicted octanol–water partition coefficient (Wildman–Crippen LogP) is 3.69. The van der Waals surface area contributed by atoms with E-state index in [1.54, 1.807) is 0 Å². The molecule has 0 bridgehead atoms. The highest BCUT2D eigenvalue weighted by atomic mass is 35.5. The second-order valence-corrected chi connectivity index (χ2v) is 5.01. The maximum absolute atomic E-state index is 13.0. The van der Waals surface area contributed by atoms with E-state index in [-0.39, 0.29) is 5.02 Å². The third-order valence-electron chi connectivity index (χ3n) is 3.14. The van der Waals surface area contributed by atoms with Crippen LogP contribution in [0.15, 0.2) is 12.3 Å². The Hall–Kier alpha value is -0.880. The fourth-order valence-electron chi connectivity index (χ4n) is 2.01. The summed E-state index contributed by atoms with van der Waals surface area (Å²) in [6.45, 7) is 1.49. The number of rotatable bonds is 2. The first-order chi connectivity index (χ1) is 8.86. The Morgan fingerprint density at radius 2 is 1.95 bits per heavy atom. The molecule has 0 unspecified atom stereocenters. The minimum absolute atomic E-state index is 0.00260. The van der Waals surface area contributed by atoms with Crippen molar-refractivity contribution >= 4 is 11.6 Å². The van der Waals surface area contributed by atoms with E-state index in [1.165, 1.54) is 0 Å². The summed E-state index contributed by atoms with van der Waals surface area (Å²) in [6.07, 6.45) is -3.56. The van der Waals surface area contributed by atoms with Crippen molar-refractivity contribution in [2.75, 3.05) is 13.1 Å². The summed E-state index contributed by atoms with van der Waals surface area (Å²) < 4.78 is 50.3. The van der Waals surface area contributed by atoms with Crippen LogP contribution in [-0.2, 0) is 12.7 Å². The standard InChI is InChI=1S/C12H13ClF4N2/c13-10-5-8(12(15,16)17)6-18-11(10)7-19-3-1-9(14)2-4-19/h5-6,9H,1-4,7H2. The van der Waals surface area contributed by atoms with Crippen molar-refractivity contribution < 1.29 is 17.6 Å². The molecular weight excluding hydrogens is 284 g/mol. The lowest BCUT2D eigenvalue weighted by Crippen LogP contribution is -2.34. The van der Waals surface area contributed by atoms with E-state index in [0.29, 0.717) is 38.2 Å². The largest absolute Gasteiger partial charge is 0.417 e. The lowest BCUT2D eigenvalue weighted by atomic mass is 10.1. The van der Waals surface area contributed by atoms with Gasteiger partial charge < -0.3 is 0 Å². The van der Waals surface area contributed by atoms with Crippen LogP contribution in [0.4, 0.5) is 17.6 Å². The summed E-state index contributed by atoms with van der Waals surface area (Å²) in [5.41, 5.74) is -0.462. The molecule has 106 valence electrons. The second kappa shape index (κ2) is 5.63. The molecule has 1 saturated heterocycles.